The fourth-order valence-electron chi connectivity index (χ4n) is 5.00. The Labute approximate surface area is 185 Å². The van der Waals surface area contributed by atoms with Crippen molar-refractivity contribution in [3.63, 3.8) is 0 Å². The molecule has 1 heterocycles. The zero-order chi connectivity index (χ0) is 21.0. The van der Waals surface area contributed by atoms with Crippen LogP contribution in [0.1, 0.15) is 28.7 Å². The number of likely N-dealkylation sites (N-methyl/N-ethyl adjacent to an activating group) is 1. The molecule has 0 aliphatic carbocycles. The number of nitrogens with one attached hydrogen (secondary N) is 1. The summed E-state index contributed by atoms with van der Waals surface area (Å²) in [5, 5.41) is 3.90. The van der Waals surface area contributed by atoms with Gasteiger partial charge in [0.15, 0.2) is 0 Å². The third kappa shape index (κ3) is 3.94. The van der Waals surface area contributed by atoms with E-state index in [-0.39, 0.29) is 12.1 Å². The number of anilines is 2. The minimum Gasteiger partial charge on any atom is -0.381 e. The van der Waals surface area contributed by atoms with E-state index >= 15 is 0 Å². The van der Waals surface area contributed by atoms with Crippen LogP contribution in [0.4, 0.5) is 11.4 Å². The largest absolute Gasteiger partial charge is 0.381 e. The van der Waals surface area contributed by atoms with Crippen molar-refractivity contribution in [2.24, 2.45) is 0 Å². The molecule has 1 N–H and O–H groups in total. The smallest absolute Gasteiger partial charge is 0.0647 e. The standard InChI is InChI=1S/C29H28N2/c1-31(24-17-9-4-10-18-24)29-25-19-11-12-20-26(25)30-27(21-22-13-5-2-6-14-22)28(29)23-15-7-3-8-16-23/h2-20,27-30H,21H2,1H3/t27-,28-,29-/m1/s1. The first-order valence-electron chi connectivity index (χ1n) is 11.0. The summed E-state index contributed by atoms with van der Waals surface area (Å²) in [5.74, 6) is 0.307. The van der Waals surface area contributed by atoms with E-state index in [2.05, 4.69) is 133 Å². The van der Waals surface area contributed by atoms with Crippen molar-refractivity contribution in [1.82, 2.24) is 0 Å². The van der Waals surface area contributed by atoms with Crippen LogP contribution in [0, 0.1) is 0 Å². The van der Waals surface area contributed by atoms with E-state index in [0.717, 1.165) is 6.42 Å². The van der Waals surface area contributed by atoms with Crippen molar-refractivity contribution < 1.29 is 0 Å². The van der Waals surface area contributed by atoms with Gasteiger partial charge in [-0.25, -0.2) is 0 Å². The van der Waals surface area contributed by atoms with E-state index in [1.165, 1.54) is 28.1 Å². The van der Waals surface area contributed by atoms with Gasteiger partial charge in [-0.1, -0.05) is 97.1 Å². The van der Waals surface area contributed by atoms with Gasteiger partial charge in [0.1, 0.15) is 0 Å². The summed E-state index contributed by atoms with van der Waals surface area (Å²) in [6, 6.07) is 41.9. The monoisotopic (exact) mass is 404 g/mol. The molecule has 154 valence electrons. The van der Waals surface area contributed by atoms with Gasteiger partial charge in [0.25, 0.3) is 0 Å². The molecule has 5 rings (SSSR count). The van der Waals surface area contributed by atoms with Crippen LogP contribution in [0.2, 0.25) is 0 Å². The van der Waals surface area contributed by atoms with Crippen LogP contribution in [-0.4, -0.2) is 13.1 Å². The van der Waals surface area contributed by atoms with Gasteiger partial charge in [0, 0.05) is 30.4 Å². The Kier molecular flexibility index (Phi) is 5.45. The molecule has 0 bridgehead atoms. The highest BCUT2D eigenvalue weighted by molar-refractivity contribution is 5.62. The van der Waals surface area contributed by atoms with E-state index in [1.807, 2.05) is 0 Å². The molecule has 31 heavy (non-hydrogen) atoms. The summed E-state index contributed by atoms with van der Waals surface area (Å²) in [4.78, 5) is 2.45. The van der Waals surface area contributed by atoms with Crippen molar-refractivity contribution in [1.29, 1.82) is 0 Å². The molecule has 0 aromatic heterocycles. The maximum Gasteiger partial charge on any atom is 0.0647 e. The number of hydrogen-bond donors (Lipinski definition) is 1. The van der Waals surface area contributed by atoms with Crippen LogP contribution in [0.25, 0.3) is 0 Å². The molecule has 1 aliphatic rings. The number of hydrogen-bond acceptors (Lipinski definition) is 2. The molecule has 0 spiro atoms. The quantitative estimate of drug-likeness (QED) is 0.399. The molecule has 4 aromatic carbocycles. The van der Waals surface area contributed by atoms with Crippen molar-refractivity contribution in [3.05, 3.63) is 132 Å². The number of para-hydroxylation sites is 2. The number of rotatable bonds is 5. The first-order chi connectivity index (χ1) is 15.3. The van der Waals surface area contributed by atoms with Crippen LogP contribution in [-0.2, 0) is 6.42 Å². The number of nitrogens with zero attached hydrogens (tertiary/aromatic N) is 1. The van der Waals surface area contributed by atoms with Gasteiger partial charge >= 0.3 is 0 Å². The topological polar surface area (TPSA) is 15.3 Å². The Morgan fingerprint density at radius 2 is 1.26 bits per heavy atom. The molecule has 1 aliphatic heterocycles. The first-order valence-corrected chi connectivity index (χ1v) is 11.0. The molecule has 0 radical (unpaired) electrons. The molecule has 3 atom stereocenters. The molecule has 2 nitrogen and oxygen atoms in total. The van der Waals surface area contributed by atoms with Gasteiger partial charge < -0.3 is 10.2 Å². The summed E-state index contributed by atoms with van der Waals surface area (Å²) >= 11 is 0. The molecule has 2 heteroatoms. The lowest BCUT2D eigenvalue weighted by Gasteiger charge is -2.46. The van der Waals surface area contributed by atoms with Gasteiger partial charge in [0.05, 0.1) is 6.04 Å². The predicted molar refractivity (Wildman–Crippen MR) is 131 cm³/mol. The van der Waals surface area contributed by atoms with Gasteiger partial charge in [-0.05, 0) is 41.3 Å². The SMILES string of the molecule is CN(c1ccccc1)[C@@H]1c2ccccc2N[C@H](Cc2ccccc2)[C@H]1c1ccccc1. The number of benzene rings is 4. The number of fused-ring (bicyclic) bond motifs is 1. The van der Waals surface area contributed by atoms with E-state index in [4.69, 9.17) is 0 Å². The van der Waals surface area contributed by atoms with Crippen molar-refractivity contribution >= 4 is 11.4 Å². The summed E-state index contributed by atoms with van der Waals surface area (Å²) in [5.41, 5.74) is 6.57. The third-order valence-electron chi connectivity index (χ3n) is 6.46. The maximum absolute atomic E-state index is 3.90. The Hall–Kier alpha value is -3.52. The second-order valence-corrected chi connectivity index (χ2v) is 8.36. The van der Waals surface area contributed by atoms with Crippen LogP contribution in [0.3, 0.4) is 0 Å². The average molecular weight is 405 g/mol. The second-order valence-electron chi connectivity index (χ2n) is 8.36. The molecule has 0 saturated carbocycles. The molecule has 0 amide bonds. The lowest BCUT2D eigenvalue weighted by molar-refractivity contribution is 0.444. The molecular formula is C29H28N2. The Balaban J connectivity index is 1.64. The first kappa shape index (κ1) is 19.4. The van der Waals surface area contributed by atoms with Crippen LogP contribution in [0.5, 0.6) is 0 Å². The zero-order valence-electron chi connectivity index (χ0n) is 17.9. The highest BCUT2D eigenvalue weighted by atomic mass is 15.2. The molecular weight excluding hydrogens is 376 g/mol. The molecule has 4 aromatic rings. The highest BCUT2D eigenvalue weighted by Crippen LogP contribution is 2.47. The van der Waals surface area contributed by atoms with Crippen molar-refractivity contribution in [3.8, 4) is 0 Å². The van der Waals surface area contributed by atoms with Gasteiger partial charge in [-0.2, -0.15) is 0 Å². The van der Waals surface area contributed by atoms with Crippen molar-refractivity contribution in [2.75, 3.05) is 17.3 Å². The predicted octanol–water partition coefficient (Wildman–Crippen LogP) is 6.68. The molecule has 0 saturated heterocycles. The highest BCUT2D eigenvalue weighted by Gasteiger charge is 2.39. The lowest BCUT2D eigenvalue weighted by Crippen LogP contribution is -2.43. The van der Waals surface area contributed by atoms with Gasteiger partial charge in [0.2, 0.25) is 0 Å². The van der Waals surface area contributed by atoms with E-state index in [9.17, 15) is 0 Å². The Morgan fingerprint density at radius 3 is 1.97 bits per heavy atom. The van der Waals surface area contributed by atoms with E-state index in [0.29, 0.717) is 5.92 Å². The fraction of sp³-hybridized carbons (Fsp3) is 0.172. The van der Waals surface area contributed by atoms with E-state index in [1.54, 1.807) is 0 Å². The summed E-state index contributed by atoms with van der Waals surface area (Å²) in [7, 11) is 2.23. The van der Waals surface area contributed by atoms with Gasteiger partial charge in [-0.3, -0.25) is 0 Å². The van der Waals surface area contributed by atoms with Crippen LogP contribution in [0.15, 0.2) is 115 Å². The van der Waals surface area contributed by atoms with Crippen LogP contribution < -0.4 is 10.2 Å². The minimum atomic E-state index is 0.232. The van der Waals surface area contributed by atoms with Crippen molar-refractivity contribution in [2.45, 2.75) is 24.4 Å². The summed E-state index contributed by atoms with van der Waals surface area (Å²) in [6.45, 7) is 0. The summed E-state index contributed by atoms with van der Waals surface area (Å²) < 4.78 is 0. The maximum atomic E-state index is 3.90. The minimum absolute atomic E-state index is 0.232. The third-order valence-corrected chi connectivity index (χ3v) is 6.46. The summed E-state index contributed by atoms with van der Waals surface area (Å²) in [6.07, 6.45) is 0.980. The van der Waals surface area contributed by atoms with Crippen LogP contribution >= 0.6 is 0 Å². The van der Waals surface area contributed by atoms with Gasteiger partial charge in [-0.15, -0.1) is 0 Å². The fourth-order valence-corrected chi connectivity index (χ4v) is 5.00. The zero-order valence-corrected chi connectivity index (χ0v) is 17.9. The normalized spacial score (nSPS) is 19.8. The second kappa shape index (κ2) is 8.69. The molecule has 0 fully saturated rings. The van der Waals surface area contributed by atoms with E-state index < -0.39 is 0 Å². The Morgan fingerprint density at radius 1 is 0.677 bits per heavy atom. The lowest BCUT2D eigenvalue weighted by atomic mass is 9.75. The molecule has 0 unspecified atom stereocenters. The average Bonchev–Trinajstić information content (AvgIpc) is 2.84. The Bertz CT molecular complexity index is 1110.